The predicted molar refractivity (Wildman–Crippen MR) is 46.3 cm³/mol. The lowest BCUT2D eigenvalue weighted by molar-refractivity contribution is 0.201. The third kappa shape index (κ3) is 44.5. The fourth-order valence-corrected chi connectivity index (χ4v) is 0.204. The summed E-state index contributed by atoms with van der Waals surface area (Å²) in [4.78, 5) is 0. The summed E-state index contributed by atoms with van der Waals surface area (Å²) < 4.78 is 4.72. The molecule has 0 radical (unpaired) electrons. The first kappa shape index (κ1) is 12.6. The van der Waals surface area contributed by atoms with Gasteiger partial charge in [-0.05, 0) is 13.0 Å². The Morgan fingerprint density at radius 1 is 1.30 bits per heavy atom. The Hall–Kier alpha value is -0.0800. The lowest BCUT2D eigenvalue weighted by Gasteiger charge is -1.92. The second-order valence-electron chi connectivity index (χ2n) is 2.83. The number of ether oxygens (including phenoxy) is 1. The fourth-order valence-electron chi connectivity index (χ4n) is 0.204. The van der Waals surface area contributed by atoms with E-state index in [9.17, 15) is 0 Å². The number of hydrogen-bond acceptors (Lipinski definition) is 2. The molecule has 0 unspecified atom stereocenters. The zero-order chi connectivity index (χ0) is 8.41. The Morgan fingerprint density at radius 3 is 1.80 bits per heavy atom. The predicted octanol–water partition coefficient (Wildman–Crippen LogP) is 1.51. The third-order valence-corrected chi connectivity index (χ3v) is 0.556. The summed E-state index contributed by atoms with van der Waals surface area (Å²) in [5.41, 5.74) is 0. The number of rotatable bonds is 3. The summed E-state index contributed by atoms with van der Waals surface area (Å²) in [6.45, 7) is 8.24. The normalized spacial score (nSPS) is 9.00. The van der Waals surface area contributed by atoms with E-state index in [0.717, 1.165) is 19.1 Å². The van der Waals surface area contributed by atoms with Crippen molar-refractivity contribution in [3.63, 3.8) is 0 Å². The Balaban J connectivity index is 0. The first-order chi connectivity index (χ1) is 4.65. The van der Waals surface area contributed by atoms with Crippen LogP contribution in [0.1, 0.15) is 20.8 Å². The van der Waals surface area contributed by atoms with E-state index in [1.165, 1.54) is 0 Å². The van der Waals surface area contributed by atoms with E-state index in [0.29, 0.717) is 0 Å². The molecule has 0 heterocycles. The van der Waals surface area contributed by atoms with Gasteiger partial charge in [0.05, 0.1) is 6.61 Å². The monoisotopic (exact) mass is 147 g/mol. The third-order valence-electron chi connectivity index (χ3n) is 0.556. The SMILES string of the molecule is CC(C)C.CNCCOC. The summed E-state index contributed by atoms with van der Waals surface area (Å²) >= 11 is 0. The van der Waals surface area contributed by atoms with Crippen molar-refractivity contribution in [3.8, 4) is 0 Å². The molecule has 0 saturated heterocycles. The molecule has 0 atom stereocenters. The zero-order valence-electron chi connectivity index (χ0n) is 7.90. The van der Waals surface area contributed by atoms with Crippen LogP contribution in [0.3, 0.4) is 0 Å². The van der Waals surface area contributed by atoms with E-state index >= 15 is 0 Å². The van der Waals surface area contributed by atoms with Crippen LogP contribution in [0.25, 0.3) is 0 Å². The second-order valence-corrected chi connectivity index (χ2v) is 2.83. The van der Waals surface area contributed by atoms with Crippen molar-refractivity contribution in [2.24, 2.45) is 5.92 Å². The molecule has 0 aromatic carbocycles. The number of hydrogen-bond donors (Lipinski definition) is 1. The van der Waals surface area contributed by atoms with Crippen LogP contribution in [0.15, 0.2) is 0 Å². The molecular weight excluding hydrogens is 126 g/mol. The maximum Gasteiger partial charge on any atom is 0.0587 e. The Morgan fingerprint density at radius 2 is 1.70 bits per heavy atom. The topological polar surface area (TPSA) is 21.3 Å². The van der Waals surface area contributed by atoms with Crippen molar-refractivity contribution in [1.29, 1.82) is 0 Å². The molecule has 0 amide bonds. The number of nitrogens with one attached hydrogen (secondary N) is 1. The Bertz CT molecular complexity index is 39.8. The van der Waals surface area contributed by atoms with E-state index in [1.54, 1.807) is 7.11 Å². The van der Waals surface area contributed by atoms with Gasteiger partial charge in [0.15, 0.2) is 0 Å². The molecule has 0 saturated carbocycles. The Labute approximate surface area is 65.0 Å². The van der Waals surface area contributed by atoms with Crippen molar-refractivity contribution < 1.29 is 4.74 Å². The molecule has 0 aromatic rings. The van der Waals surface area contributed by atoms with E-state index < -0.39 is 0 Å². The molecule has 0 aliphatic carbocycles. The van der Waals surface area contributed by atoms with Gasteiger partial charge in [-0.2, -0.15) is 0 Å². The van der Waals surface area contributed by atoms with E-state index in [2.05, 4.69) is 26.1 Å². The van der Waals surface area contributed by atoms with Gasteiger partial charge in [-0.3, -0.25) is 0 Å². The molecule has 64 valence electrons. The van der Waals surface area contributed by atoms with Crippen molar-refractivity contribution in [1.82, 2.24) is 5.32 Å². The molecular formula is C8H21NO. The molecule has 0 spiro atoms. The minimum Gasteiger partial charge on any atom is -0.383 e. The lowest BCUT2D eigenvalue weighted by Crippen LogP contribution is -2.12. The van der Waals surface area contributed by atoms with Crippen LogP contribution in [0.5, 0.6) is 0 Å². The van der Waals surface area contributed by atoms with Gasteiger partial charge in [-0.1, -0.05) is 20.8 Å². The largest absolute Gasteiger partial charge is 0.383 e. The molecule has 0 aromatic heterocycles. The zero-order valence-corrected chi connectivity index (χ0v) is 7.90. The highest BCUT2D eigenvalue weighted by molar-refractivity contribution is 4.30. The average molecular weight is 147 g/mol. The minimum atomic E-state index is 0.802. The van der Waals surface area contributed by atoms with Crippen LogP contribution in [-0.2, 0) is 4.74 Å². The van der Waals surface area contributed by atoms with Crippen LogP contribution in [0.2, 0.25) is 0 Å². The van der Waals surface area contributed by atoms with Crippen molar-refractivity contribution >= 4 is 0 Å². The van der Waals surface area contributed by atoms with Gasteiger partial charge in [0.25, 0.3) is 0 Å². The van der Waals surface area contributed by atoms with Gasteiger partial charge in [-0.25, -0.2) is 0 Å². The van der Waals surface area contributed by atoms with Gasteiger partial charge < -0.3 is 10.1 Å². The lowest BCUT2D eigenvalue weighted by atomic mass is 10.3. The molecule has 2 heteroatoms. The minimum absolute atomic E-state index is 0.802. The van der Waals surface area contributed by atoms with Crippen LogP contribution in [-0.4, -0.2) is 27.3 Å². The number of likely N-dealkylation sites (N-methyl/N-ethyl adjacent to an activating group) is 1. The van der Waals surface area contributed by atoms with Gasteiger partial charge in [-0.15, -0.1) is 0 Å². The molecule has 10 heavy (non-hydrogen) atoms. The summed E-state index contributed by atoms with van der Waals surface area (Å²) in [6.07, 6.45) is 0. The molecule has 0 aliphatic heterocycles. The number of methoxy groups -OCH3 is 1. The van der Waals surface area contributed by atoms with Crippen LogP contribution >= 0.6 is 0 Å². The molecule has 1 N–H and O–H groups in total. The maximum atomic E-state index is 4.72. The maximum absolute atomic E-state index is 4.72. The summed E-state index contributed by atoms with van der Waals surface area (Å²) in [5, 5.41) is 2.94. The first-order valence-electron chi connectivity index (χ1n) is 3.78. The fraction of sp³-hybridized carbons (Fsp3) is 1.00. The van der Waals surface area contributed by atoms with Crippen LogP contribution in [0, 0.1) is 5.92 Å². The quantitative estimate of drug-likeness (QED) is 0.611. The van der Waals surface area contributed by atoms with Gasteiger partial charge in [0, 0.05) is 13.7 Å². The van der Waals surface area contributed by atoms with Gasteiger partial charge >= 0.3 is 0 Å². The Kier molecular flexibility index (Phi) is 14.7. The molecule has 0 fully saturated rings. The average Bonchev–Trinajstić information content (AvgIpc) is 1.82. The van der Waals surface area contributed by atoms with Crippen LogP contribution < -0.4 is 5.32 Å². The summed E-state index contributed by atoms with van der Waals surface area (Å²) in [7, 11) is 3.59. The van der Waals surface area contributed by atoms with Gasteiger partial charge in [0.1, 0.15) is 0 Å². The molecule has 0 rings (SSSR count). The second kappa shape index (κ2) is 11.7. The summed E-state index contributed by atoms with van der Waals surface area (Å²) in [5.74, 6) is 0.833. The smallest absolute Gasteiger partial charge is 0.0587 e. The summed E-state index contributed by atoms with van der Waals surface area (Å²) in [6, 6.07) is 0. The molecule has 2 nitrogen and oxygen atoms in total. The molecule has 0 aliphatic rings. The van der Waals surface area contributed by atoms with Crippen molar-refractivity contribution in [3.05, 3.63) is 0 Å². The first-order valence-corrected chi connectivity index (χ1v) is 3.78. The van der Waals surface area contributed by atoms with Crippen molar-refractivity contribution in [2.45, 2.75) is 20.8 Å². The highest BCUT2D eigenvalue weighted by atomic mass is 16.5. The van der Waals surface area contributed by atoms with Crippen molar-refractivity contribution in [2.75, 3.05) is 27.3 Å². The standard InChI is InChI=1S/C4H11NO.C4H10/c1-5-3-4-6-2;1-4(2)3/h5H,3-4H2,1-2H3;4H,1-3H3. The molecule has 0 bridgehead atoms. The van der Waals surface area contributed by atoms with E-state index in [4.69, 9.17) is 4.74 Å². The van der Waals surface area contributed by atoms with E-state index in [-0.39, 0.29) is 0 Å². The van der Waals surface area contributed by atoms with E-state index in [1.807, 2.05) is 7.05 Å². The highest BCUT2D eigenvalue weighted by Crippen LogP contribution is 1.81. The highest BCUT2D eigenvalue weighted by Gasteiger charge is 1.72. The van der Waals surface area contributed by atoms with Gasteiger partial charge in [0.2, 0.25) is 0 Å². The van der Waals surface area contributed by atoms with Crippen LogP contribution in [0.4, 0.5) is 0 Å².